The molecule has 72 valence electrons. The van der Waals surface area contributed by atoms with Crippen LogP contribution in [-0.2, 0) is 6.42 Å². The molecule has 13 heavy (non-hydrogen) atoms. The summed E-state index contributed by atoms with van der Waals surface area (Å²) in [7, 11) is 0. The van der Waals surface area contributed by atoms with Gasteiger partial charge in [-0.1, -0.05) is 0 Å². The number of halogens is 1. The van der Waals surface area contributed by atoms with Crippen LogP contribution in [0.1, 0.15) is 10.4 Å². The lowest BCUT2D eigenvalue weighted by Crippen LogP contribution is -2.14. The van der Waals surface area contributed by atoms with E-state index in [-0.39, 0.29) is 0 Å². The maximum absolute atomic E-state index is 6.22. The molecule has 1 aliphatic rings. The van der Waals surface area contributed by atoms with Crippen molar-refractivity contribution in [3.63, 3.8) is 0 Å². The molecule has 0 N–H and O–H groups in total. The Hall–Kier alpha value is 0.340. The second-order valence-electron chi connectivity index (χ2n) is 3.58. The topological polar surface area (TPSA) is 0 Å². The zero-order valence-electron chi connectivity index (χ0n) is 7.63. The van der Waals surface area contributed by atoms with Gasteiger partial charge in [0.15, 0.2) is 0 Å². The summed E-state index contributed by atoms with van der Waals surface area (Å²) in [4.78, 5) is 1.41. The first-order valence-electron chi connectivity index (χ1n) is 4.51. The van der Waals surface area contributed by atoms with E-state index in [1.165, 1.54) is 22.6 Å². The fourth-order valence-electron chi connectivity index (χ4n) is 1.67. The molecule has 0 spiro atoms. The molecular formula is C10H13ClS2. The van der Waals surface area contributed by atoms with Gasteiger partial charge >= 0.3 is 0 Å². The number of thioether (sulfide) groups is 1. The van der Waals surface area contributed by atoms with E-state index in [4.69, 9.17) is 11.6 Å². The van der Waals surface area contributed by atoms with Crippen LogP contribution in [0, 0.1) is 12.8 Å². The van der Waals surface area contributed by atoms with Gasteiger partial charge in [-0.05, 0) is 42.0 Å². The Morgan fingerprint density at radius 3 is 2.92 bits per heavy atom. The normalized spacial score (nSPS) is 28.2. The summed E-state index contributed by atoms with van der Waals surface area (Å²) in [5, 5.41) is 2.66. The largest absolute Gasteiger partial charge is 0.160 e. The second kappa shape index (κ2) is 4.24. The quantitative estimate of drug-likeness (QED) is 0.703. The van der Waals surface area contributed by atoms with Crippen molar-refractivity contribution in [3.8, 4) is 0 Å². The molecule has 2 heterocycles. The molecular weight excluding hydrogens is 220 g/mol. The van der Waals surface area contributed by atoms with Crippen LogP contribution in [0.4, 0.5) is 0 Å². The van der Waals surface area contributed by atoms with Gasteiger partial charge in [-0.25, -0.2) is 0 Å². The average molecular weight is 233 g/mol. The van der Waals surface area contributed by atoms with Gasteiger partial charge in [-0.3, -0.25) is 0 Å². The van der Waals surface area contributed by atoms with Crippen molar-refractivity contribution in [2.24, 2.45) is 5.92 Å². The molecule has 0 radical (unpaired) electrons. The molecule has 0 aliphatic carbocycles. The van der Waals surface area contributed by atoms with Crippen LogP contribution in [0.2, 0.25) is 0 Å². The van der Waals surface area contributed by atoms with E-state index < -0.39 is 0 Å². The minimum absolute atomic E-state index is 0.394. The predicted octanol–water partition coefficient (Wildman–Crippen LogP) is 3.57. The lowest BCUT2D eigenvalue weighted by molar-refractivity contribution is 0.604. The molecule has 0 bridgehead atoms. The minimum atomic E-state index is 0.394. The van der Waals surface area contributed by atoms with E-state index in [0.29, 0.717) is 11.3 Å². The van der Waals surface area contributed by atoms with Gasteiger partial charge in [0.05, 0.1) is 0 Å². The zero-order chi connectivity index (χ0) is 9.26. The molecule has 0 aromatic carbocycles. The molecule has 0 amide bonds. The van der Waals surface area contributed by atoms with Crippen LogP contribution in [-0.4, -0.2) is 16.9 Å². The summed E-state index contributed by atoms with van der Waals surface area (Å²) in [5.41, 5.74) is 1.47. The van der Waals surface area contributed by atoms with Crippen molar-refractivity contribution in [1.82, 2.24) is 0 Å². The summed E-state index contributed by atoms with van der Waals surface area (Å²) in [6.07, 6.45) is 1.17. The van der Waals surface area contributed by atoms with Crippen LogP contribution < -0.4 is 0 Å². The number of alkyl halides is 1. The van der Waals surface area contributed by atoms with Gasteiger partial charge in [-0.15, -0.1) is 22.9 Å². The van der Waals surface area contributed by atoms with Crippen LogP contribution >= 0.6 is 34.7 Å². The third-order valence-corrected chi connectivity index (χ3v) is 5.27. The van der Waals surface area contributed by atoms with Gasteiger partial charge in [0.2, 0.25) is 0 Å². The number of thiophene rings is 1. The highest BCUT2D eigenvalue weighted by molar-refractivity contribution is 7.99. The fraction of sp³-hybridized carbons (Fsp3) is 0.600. The van der Waals surface area contributed by atoms with E-state index in [9.17, 15) is 0 Å². The van der Waals surface area contributed by atoms with Crippen LogP contribution in [0.5, 0.6) is 0 Å². The van der Waals surface area contributed by atoms with Gasteiger partial charge in [0.25, 0.3) is 0 Å². The molecule has 1 saturated heterocycles. The Kier molecular flexibility index (Phi) is 3.22. The first-order valence-corrected chi connectivity index (χ1v) is 6.98. The van der Waals surface area contributed by atoms with Gasteiger partial charge in [0, 0.05) is 16.0 Å². The van der Waals surface area contributed by atoms with E-state index in [1.807, 2.05) is 23.1 Å². The van der Waals surface area contributed by atoms with E-state index in [2.05, 4.69) is 18.4 Å². The molecule has 0 nitrogen and oxygen atoms in total. The monoisotopic (exact) mass is 232 g/mol. The lowest BCUT2D eigenvalue weighted by Gasteiger charge is -2.10. The van der Waals surface area contributed by atoms with E-state index >= 15 is 0 Å². The standard InChI is InChI=1S/C10H13ClS2/c1-7-2-8(4-13-7)3-9-5-12-6-10(9)11/h2,4,9-10H,3,5-6H2,1H3. The SMILES string of the molecule is Cc1cc(CC2CSCC2Cl)cs1. The van der Waals surface area contributed by atoms with Crippen LogP contribution in [0.15, 0.2) is 11.4 Å². The Labute approximate surface area is 92.7 Å². The van der Waals surface area contributed by atoms with Crippen LogP contribution in [0.3, 0.4) is 0 Å². The van der Waals surface area contributed by atoms with Gasteiger partial charge < -0.3 is 0 Å². The molecule has 2 unspecified atom stereocenters. The summed E-state index contributed by atoms with van der Waals surface area (Å²) >= 11 is 10.0. The summed E-state index contributed by atoms with van der Waals surface area (Å²) < 4.78 is 0. The van der Waals surface area contributed by atoms with Crippen molar-refractivity contribution in [1.29, 1.82) is 0 Å². The molecule has 2 atom stereocenters. The third-order valence-electron chi connectivity index (χ3n) is 2.40. The third kappa shape index (κ3) is 2.42. The average Bonchev–Trinajstić information content (AvgIpc) is 2.64. The number of rotatable bonds is 2. The number of hydrogen-bond donors (Lipinski definition) is 0. The van der Waals surface area contributed by atoms with Gasteiger partial charge in [0.1, 0.15) is 0 Å². The summed E-state index contributed by atoms with van der Waals surface area (Å²) in [6, 6.07) is 2.29. The van der Waals surface area contributed by atoms with Crippen molar-refractivity contribution in [2.45, 2.75) is 18.7 Å². The number of aryl methyl sites for hydroxylation is 1. The smallest absolute Gasteiger partial charge is 0.0465 e. The highest BCUT2D eigenvalue weighted by Gasteiger charge is 2.25. The number of hydrogen-bond acceptors (Lipinski definition) is 2. The van der Waals surface area contributed by atoms with E-state index in [1.54, 1.807) is 0 Å². The predicted molar refractivity (Wildman–Crippen MR) is 63.2 cm³/mol. The minimum Gasteiger partial charge on any atom is -0.160 e. The molecule has 1 aromatic rings. The zero-order valence-corrected chi connectivity index (χ0v) is 10.0. The van der Waals surface area contributed by atoms with Crippen molar-refractivity contribution in [2.75, 3.05) is 11.5 Å². The lowest BCUT2D eigenvalue weighted by atomic mass is 10.0. The first kappa shape index (κ1) is 9.88. The second-order valence-corrected chi connectivity index (χ2v) is 6.33. The van der Waals surface area contributed by atoms with Crippen molar-refractivity contribution >= 4 is 34.7 Å². The van der Waals surface area contributed by atoms with Crippen molar-refractivity contribution in [3.05, 3.63) is 21.9 Å². The Bertz CT molecular complexity index is 282. The highest BCUT2D eigenvalue weighted by atomic mass is 35.5. The van der Waals surface area contributed by atoms with Crippen molar-refractivity contribution < 1.29 is 0 Å². The maximum Gasteiger partial charge on any atom is 0.0465 e. The van der Waals surface area contributed by atoms with E-state index in [0.717, 1.165) is 5.75 Å². The Balaban J connectivity index is 1.97. The summed E-state index contributed by atoms with van der Waals surface area (Å²) in [6.45, 7) is 2.16. The molecule has 1 aromatic heterocycles. The fourth-order valence-corrected chi connectivity index (χ4v) is 4.23. The Morgan fingerprint density at radius 2 is 2.38 bits per heavy atom. The summed E-state index contributed by atoms with van der Waals surface area (Å²) in [5.74, 6) is 3.07. The van der Waals surface area contributed by atoms with Gasteiger partial charge in [-0.2, -0.15) is 11.8 Å². The van der Waals surface area contributed by atoms with Crippen LogP contribution in [0.25, 0.3) is 0 Å². The first-order chi connectivity index (χ1) is 6.25. The Morgan fingerprint density at radius 1 is 1.54 bits per heavy atom. The molecule has 3 heteroatoms. The molecule has 2 rings (SSSR count). The highest BCUT2D eigenvalue weighted by Crippen LogP contribution is 2.31. The molecule has 1 aliphatic heterocycles. The molecule has 1 fully saturated rings. The molecule has 0 saturated carbocycles. The maximum atomic E-state index is 6.22.